The molecule has 0 spiro atoms. The van der Waals surface area contributed by atoms with Gasteiger partial charge < -0.3 is 25.2 Å². The van der Waals surface area contributed by atoms with Crippen LogP contribution in [-0.4, -0.2) is 68.7 Å². The smallest absolute Gasteiger partial charge is 0.394 e. The molecule has 0 bridgehead atoms. The molecule has 3 rings (SSSR count). The number of benzene rings is 1. The molecular formula is C23H27F3N4O6S2. The quantitative estimate of drug-likeness (QED) is 0.210. The number of aromatic nitrogens is 2. The van der Waals surface area contributed by atoms with Gasteiger partial charge in [-0.2, -0.15) is 18.2 Å². The number of amides is 2. The van der Waals surface area contributed by atoms with Crippen molar-refractivity contribution in [2.45, 2.75) is 49.6 Å². The van der Waals surface area contributed by atoms with Gasteiger partial charge in [0.15, 0.2) is 0 Å². The number of carbonyl (C=O) groups excluding carboxylic acids is 2. The molecule has 1 unspecified atom stereocenters. The molecule has 1 aromatic heterocycles. The van der Waals surface area contributed by atoms with Crippen molar-refractivity contribution in [3.8, 4) is 0 Å². The fraction of sp³-hybridized carbons (Fsp3) is 0.478. The molecule has 2 heterocycles. The Labute approximate surface area is 224 Å². The van der Waals surface area contributed by atoms with Crippen LogP contribution in [0.3, 0.4) is 0 Å². The molecule has 208 valence electrons. The highest BCUT2D eigenvalue weighted by Gasteiger charge is 2.40. The fourth-order valence-electron chi connectivity index (χ4n) is 3.41. The van der Waals surface area contributed by atoms with Gasteiger partial charge in [-0.15, -0.1) is 0 Å². The number of aliphatic hydroxyl groups is 1. The zero-order chi connectivity index (χ0) is 27.9. The number of rotatable bonds is 11. The molecule has 10 nitrogen and oxygen atoms in total. The standard InChI is InChI=1S/C23H27F3N4O6S2/c1-22(2,12-27-20(33)23(24,25)26)38-37-13-35-15-10-18(36-16(15)11-31)30-9-8-17(29-21(30)34)28-19(32)14-6-4-3-5-7-14/h3-9,15-16,18,31H,10-13H2,1-2H3,(H,27,33)(H,28,29,32,34)/t15-,16?,18-/m1/s1. The second kappa shape index (κ2) is 13.0. The molecule has 3 atom stereocenters. The van der Waals surface area contributed by atoms with Crippen LogP contribution < -0.4 is 16.3 Å². The lowest BCUT2D eigenvalue weighted by Crippen LogP contribution is -2.42. The summed E-state index contributed by atoms with van der Waals surface area (Å²) in [6.07, 6.45) is -5.31. The predicted molar refractivity (Wildman–Crippen MR) is 137 cm³/mol. The van der Waals surface area contributed by atoms with E-state index in [0.717, 1.165) is 0 Å². The van der Waals surface area contributed by atoms with E-state index in [9.17, 15) is 32.7 Å². The zero-order valence-corrected chi connectivity index (χ0v) is 22.1. The number of anilines is 1. The van der Waals surface area contributed by atoms with Crippen LogP contribution in [0, 0.1) is 0 Å². The number of nitrogens with zero attached hydrogens (tertiary/aromatic N) is 2. The molecular weight excluding hydrogens is 549 g/mol. The number of hydrogen-bond acceptors (Lipinski definition) is 9. The first kappa shape index (κ1) is 30.0. The summed E-state index contributed by atoms with van der Waals surface area (Å²) in [5, 5.41) is 14.1. The third-order valence-corrected chi connectivity index (χ3v) is 8.27. The van der Waals surface area contributed by atoms with E-state index in [1.54, 1.807) is 44.2 Å². The lowest BCUT2D eigenvalue weighted by atomic mass is 10.2. The van der Waals surface area contributed by atoms with Gasteiger partial charge in [0.1, 0.15) is 24.1 Å². The number of alkyl halides is 3. The summed E-state index contributed by atoms with van der Waals surface area (Å²) in [4.78, 5) is 39.8. The van der Waals surface area contributed by atoms with Crippen LogP contribution in [0.2, 0.25) is 0 Å². The summed E-state index contributed by atoms with van der Waals surface area (Å²) in [5.74, 6) is -2.21. The minimum Gasteiger partial charge on any atom is -0.394 e. The van der Waals surface area contributed by atoms with E-state index < -0.39 is 46.9 Å². The van der Waals surface area contributed by atoms with Crippen molar-refractivity contribution in [1.29, 1.82) is 0 Å². The summed E-state index contributed by atoms with van der Waals surface area (Å²) < 4.78 is 49.2. The molecule has 2 aromatic rings. The summed E-state index contributed by atoms with van der Waals surface area (Å²) in [6.45, 7) is 2.80. The van der Waals surface area contributed by atoms with Crippen LogP contribution in [0.1, 0.15) is 36.9 Å². The van der Waals surface area contributed by atoms with Crippen LogP contribution in [0.4, 0.5) is 19.0 Å². The highest BCUT2D eigenvalue weighted by atomic mass is 33.1. The minimum atomic E-state index is -4.94. The van der Waals surface area contributed by atoms with Gasteiger partial charge in [0.05, 0.1) is 12.7 Å². The number of aliphatic hydroxyl groups excluding tert-OH is 1. The van der Waals surface area contributed by atoms with Crippen molar-refractivity contribution in [3.63, 3.8) is 0 Å². The summed E-state index contributed by atoms with van der Waals surface area (Å²) in [5.41, 5.74) is -0.250. The van der Waals surface area contributed by atoms with Gasteiger partial charge in [-0.05, 0) is 32.0 Å². The Hall–Kier alpha value is -2.59. The van der Waals surface area contributed by atoms with Crippen LogP contribution in [-0.2, 0) is 14.3 Å². The average molecular weight is 577 g/mol. The second-order valence-corrected chi connectivity index (χ2v) is 11.8. The topological polar surface area (TPSA) is 132 Å². The second-order valence-electron chi connectivity index (χ2n) is 8.83. The first-order valence-electron chi connectivity index (χ1n) is 11.4. The Kier molecular flexibility index (Phi) is 10.2. The highest BCUT2D eigenvalue weighted by molar-refractivity contribution is 8.77. The third-order valence-electron chi connectivity index (χ3n) is 5.33. The summed E-state index contributed by atoms with van der Waals surface area (Å²) in [7, 11) is 2.46. The molecule has 1 saturated heterocycles. The Balaban J connectivity index is 1.50. The van der Waals surface area contributed by atoms with E-state index in [0.29, 0.717) is 5.56 Å². The maximum atomic E-state index is 12.6. The van der Waals surface area contributed by atoms with Crippen molar-refractivity contribution in [3.05, 3.63) is 58.6 Å². The van der Waals surface area contributed by atoms with Crippen LogP contribution in [0.15, 0.2) is 47.4 Å². The normalized spacial score (nSPS) is 19.8. The van der Waals surface area contributed by atoms with Gasteiger partial charge in [0, 0.05) is 29.5 Å². The first-order chi connectivity index (χ1) is 17.9. The van der Waals surface area contributed by atoms with Gasteiger partial charge in [-0.25, -0.2) is 4.79 Å². The van der Waals surface area contributed by atoms with E-state index in [1.165, 1.54) is 38.4 Å². The number of halogens is 3. The average Bonchev–Trinajstić information content (AvgIpc) is 3.28. The summed E-state index contributed by atoms with van der Waals surface area (Å²) in [6, 6.07) is 9.91. The Morgan fingerprint density at radius 2 is 1.95 bits per heavy atom. The van der Waals surface area contributed by atoms with Crippen molar-refractivity contribution < 1.29 is 37.3 Å². The zero-order valence-electron chi connectivity index (χ0n) is 20.4. The number of ether oxygens (including phenoxy) is 2. The van der Waals surface area contributed by atoms with Crippen molar-refractivity contribution in [1.82, 2.24) is 14.9 Å². The maximum Gasteiger partial charge on any atom is 0.471 e. The van der Waals surface area contributed by atoms with Gasteiger partial charge in [-0.3, -0.25) is 14.2 Å². The summed E-state index contributed by atoms with van der Waals surface area (Å²) >= 11 is 0. The van der Waals surface area contributed by atoms with Crippen molar-refractivity contribution in [2.75, 3.05) is 24.4 Å². The van der Waals surface area contributed by atoms with Crippen LogP contribution in [0.25, 0.3) is 0 Å². The van der Waals surface area contributed by atoms with Gasteiger partial charge >= 0.3 is 17.8 Å². The van der Waals surface area contributed by atoms with Crippen molar-refractivity contribution in [2.24, 2.45) is 0 Å². The molecule has 15 heteroatoms. The van der Waals surface area contributed by atoms with E-state index in [4.69, 9.17) is 9.47 Å². The van der Waals surface area contributed by atoms with E-state index >= 15 is 0 Å². The molecule has 38 heavy (non-hydrogen) atoms. The first-order valence-corrected chi connectivity index (χ1v) is 13.7. The van der Waals surface area contributed by atoms with Gasteiger partial charge in [0.25, 0.3) is 5.91 Å². The molecule has 1 aliphatic heterocycles. The number of nitrogens with one attached hydrogen (secondary N) is 2. The molecule has 0 radical (unpaired) electrons. The Morgan fingerprint density at radius 3 is 2.58 bits per heavy atom. The van der Waals surface area contributed by atoms with Gasteiger partial charge in [0.2, 0.25) is 0 Å². The highest BCUT2D eigenvalue weighted by Crippen LogP contribution is 2.37. The SMILES string of the molecule is CC(C)(CNC(=O)C(F)(F)F)SSCO[C@@H]1C[C@H](n2ccc(NC(=O)c3ccccc3)nc2=O)OC1CO. The number of hydrogen-bond donors (Lipinski definition) is 3. The molecule has 0 aliphatic carbocycles. The van der Waals surface area contributed by atoms with Crippen LogP contribution in [0.5, 0.6) is 0 Å². The molecule has 1 fully saturated rings. The fourth-order valence-corrected chi connectivity index (χ4v) is 5.59. The maximum absolute atomic E-state index is 12.6. The molecule has 1 aliphatic rings. The minimum absolute atomic E-state index is 0.0760. The van der Waals surface area contributed by atoms with Crippen LogP contribution >= 0.6 is 21.6 Å². The lowest BCUT2D eigenvalue weighted by Gasteiger charge is -2.24. The monoisotopic (exact) mass is 576 g/mol. The Bertz CT molecular complexity index is 1170. The Morgan fingerprint density at radius 1 is 1.24 bits per heavy atom. The molecule has 1 aromatic carbocycles. The largest absolute Gasteiger partial charge is 0.471 e. The number of carbonyl (C=O) groups is 2. The van der Waals surface area contributed by atoms with Gasteiger partial charge in [-0.1, -0.05) is 39.8 Å². The van der Waals surface area contributed by atoms with E-state index in [1.807, 2.05) is 5.32 Å². The third kappa shape index (κ3) is 8.46. The molecule has 0 saturated carbocycles. The van der Waals surface area contributed by atoms with E-state index in [2.05, 4.69) is 10.3 Å². The molecule has 3 N–H and O–H groups in total. The van der Waals surface area contributed by atoms with E-state index in [-0.39, 0.29) is 31.3 Å². The molecule has 2 amide bonds. The predicted octanol–water partition coefficient (Wildman–Crippen LogP) is 2.96. The van der Waals surface area contributed by atoms with Crippen molar-refractivity contribution >= 4 is 39.2 Å². The lowest BCUT2D eigenvalue weighted by molar-refractivity contribution is -0.173.